The van der Waals surface area contributed by atoms with Crippen LogP contribution in [-0.2, 0) is 4.79 Å². The van der Waals surface area contributed by atoms with Crippen molar-refractivity contribution in [3.8, 4) is 17.3 Å². The molecule has 1 aromatic heterocycles. The lowest BCUT2D eigenvalue weighted by molar-refractivity contribution is -0.129. The summed E-state index contributed by atoms with van der Waals surface area (Å²) in [5.41, 5.74) is 5.24. The Bertz CT molecular complexity index is 1250. The molecule has 2 heterocycles. The average molecular weight is 541 g/mol. The third-order valence-electron chi connectivity index (χ3n) is 6.09. The van der Waals surface area contributed by atoms with Crippen LogP contribution < -0.4 is 15.6 Å². The first-order valence-electron chi connectivity index (χ1n) is 12.2. The van der Waals surface area contributed by atoms with Crippen LogP contribution in [0.25, 0.3) is 11.3 Å². The van der Waals surface area contributed by atoms with Gasteiger partial charge < -0.3 is 20.2 Å². The lowest BCUT2D eigenvalue weighted by Gasteiger charge is -2.29. The van der Waals surface area contributed by atoms with E-state index in [9.17, 15) is 19.6 Å². The number of nitrogens with one attached hydrogen (secondary N) is 2. The number of likely N-dealkylation sites (tertiary alicyclic amines) is 1. The van der Waals surface area contributed by atoms with Gasteiger partial charge in [0.05, 0.1) is 18.2 Å². The maximum atomic E-state index is 13.4. The van der Waals surface area contributed by atoms with E-state index in [0.29, 0.717) is 58.9 Å². The molecule has 0 unspecified atom stereocenters. The Hall–Kier alpha value is -3.95. The number of nitriles is 1. The highest BCUT2D eigenvalue weighted by Gasteiger charge is 2.26. The minimum atomic E-state index is -0.492. The van der Waals surface area contributed by atoms with Crippen LogP contribution >= 0.6 is 11.3 Å². The molecule has 1 aromatic carbocycles. The monoisotopic (exact) mass is 540 g/mol. The Morgan fingerprint density at radius 1 is 1.42 bits per heavy atom. The van der Waals surface area contributed by atoms with Crippen LogP contribution in [-0.4, -0.2) is 72.1 Å². The number of rotatable bonds is 10. The summed E-state index contributed by atoms with van der Waals surface area (Å²) in [6, 6.07) is 8.07. The number of benzene rings is 1. The second-order valence-corrected chi connectivity index (χ2v) is 9.62. The van der Waals surface area contributed by atoms with Gasteiger partial charge in [0.2, 0.25) is 5.91 Å². The summed E-state index contributed by atoms with van der Waals surface area (Å²) in [7, 11) is 5.38. The van der Waals surface area contributed by atoms with Crippen LogP contribution in [0.15, 0.2) is 53.6 Å². The molecule has 10 nitrogen and oxygen atoms in total. The Balaban J connectivity index is 1.85. The normalized spacial score (nSPS) is 16.0. The molecule has 3 N–H and O–H groups in total. The second kappa shape index (κ2) is 13.0. The van der Waals surface area contributed by atoms with E-state index in [0.717, 1.165) is 5.70 Å². The molecule has 0 aliphatic carbocycles. The highest BCUT2D eigenvalue weighted by atomic mass is 32.1. The maximum absolute atomic E-state index is 13.4. The fourth-order valence-electron chi connectivity index (χ4n) is 4.09. The first-order chi connectivity index (χ1) is 18.2. The number of anilines is 1. The largest absolute Gasteiger partial charge is 0.391 e. The zero-order valence-corrected chi connectivity index (χ0v) is 22.8. The van der Waals surface area contributed by atoms with Crippen molar-refractivity contribution in [3.05, 3.63) is 59.3 Å². The summed E-state index contributed by atoms with van der Waals surface area (Å²) in [6.45, 7) is 6.50. The fourth-order valence-corrected chi connectivity index (χ4v) is 4.94. The predicted molar refractivity (Wildman–Crippen MR) is 147 cm³/mol. The number of amides is 1. The summed E-state index contributed by atoms with van der Waals surface area (Å²) in [4.78, 5) is 25.6. The number of hydrogen-bond donors (Lipinski definition) is 3. The molecule has 202 valence electrons. The molecule has 0 radical (unpaired) electrons. The van der Waals surface area contributed by atoms with Gasteiger partial charge in [0, 0.05) is 46.0 Å². The van der Waals surface area contributed by atoms with E-state index in [1.54, 1.807) is 36.1 Å². The zero-order chi connectivity index (χ0) is 27.8. The van der Waals surface area contributed by atoms with Gasteiger partial charge in [-0.3, -0.25) is 15.2 Å². The summed E-state index contributed by atoms with van der Waals surface area (Å²) in [5.74, 6) is 0.691. The highest BCUT2D eigenvalue weighted by molar-refractivity contribution is 7.16. The minimum absolute atomic E-state index is 0.0446. The summed E-state index contributed by atoms with van der Waals surface area (Å²) >= 11 is 1.23. The van der Waals surface area contributed by atoms with Gasteiger partial charge in [0.1, 0.15) is 34.1 Å². The van der Waals surface area contributed by atoms with E-state index in [-0.39, 0.29) is 18.1 Å². The molecule has 0 bridgehead atoms. The first-order valence-corrected chi connectivity index (χ1v) is 13.0. The molecular formula is C26H33FN8O2S. The molecule has 0 spiro atoms. The first kappa shape index (κ1) is 28.6. The van der Waals surface area contributed by atoms with Crippen molar-refractivity contribution >= 4 is 28.2 Å². The van der Waals surface area contributed by atoms with E-state index >= 15 is 0 Å². The minimum Gasteiger partial charge on any atom is -0.391 e. The highest BCUT2D eigenvalue weighted by Crippen LogP contribution is 2.33. The Morgan fingerprint density at radius 2 is 2.13 bits per heavy atom. The quantitative estimate of drug-likeness (QED) is 0.239. The number of hydrazine groups is 1. The van der Waals surface area contributed by atoms with E-state index < -0.39 is 6.10 Å². The number of aliphatic hydroxyl groups is 1. The topological polar surface area (TPSA) is 120 Å². The van der Waals surface area contributed by atoms with E-state index in [4.69, 9.17) is 0 Å². The van der Waals surface area contributed by atoms with Gasteiger partial charge in [-0.25, -0.2) is 14.4 Å². The molecule has 1 aliphatic rings. The van der Waals surface area contributed by atoms with Crippen molar-refractivity contribution in [1.29, 1.82) is 5.26 Å². The fraction of sp³-hybridized carbons (Fsp3) is 0.385. The van der Waals surface area contributed by atoms with Crippen LogP contribution in [0.1, 0.15) is 31.1 Å². The number of halogens is 1. The predicted octanol–water partition coefficient (Wildman–Crippen LogP) is 3.02. The van der Waals surface area contributed by atoms with Crippen LogP contribution in [0.4, 0.5) is 9.52 Å². The maximum Gasteiger partial charge on any atom is 0.230 e. The van der Waals surface area contributed by atoms with Crippen molar-refractivity contribution in [1.82, 2.24) is 25.6 Å². The van der Waals surface area contributed by atoms with Crippen molar-refractivity contribution in [2.75, 3.05) is 39.1 Å². The van der Waals surface area contributed by atoms with Gasteiger partial charge in [-0.15, -0.1) is 0 Å². The molecular weight excluding hydrogens is 507 g/mol. The van der Waals surface area contributed by atoms with Crippen molar-refractivity contribution in [2.24, 2.45) is 4.99 Å². The summed E-state index contributed by atoms with van der Waals surface area (Å²) in [5, 5.41) is 24.9. The Labute approximate surface area is 226 Å². The molecule has 1 saturated heterocycles. The number of thiazole rings is 1. The smallest absolute Gasteiger partial charge is 0.230 e. The van der Waals surface area contributed by atoms with Crippen molar-refractivity contribution in [2.45, 2.75) is 32.3 Å². The number of aliphatic imine (C=N–C) groups is 1. The van der Waals surface area contributed by atoms with Crippen molar-refractivity contribution < 1.29 is 14.3 Å². The van der Waals surface area contributed by atoms with Crippen LogP contribution in [0.3, 0.4) is 0 Å². The van der Waals surface area contributed by atoms with Crippen molar-refractivity contribution in [3.63, 3.8) is 0 Å². The van der Waals surface area contributed by atoms with E-state index in [1.165, 1.54) is 29.7 Å². The van der Waals surface area contributed by atoms with Crippen LogP contribution in [0.5, 0.6) is 0 Å². The Morgan fingerprint density at radius 3 is 2.68 bits per heavy atom. The summed E-state index contributed by atoms with van der Waals surface area (Å²) in [6.07, 6.45) is 2.11. The number of allylic oxidation sites excluding steroid dienone is 1. The molecule has 1 amide bonds. The molecule has 38 heavy (non-hydrogen) atoms. The third-order valence-corrected chi connectivity index (χ3v) is 7.13. The Kier molecular flexibility index (Phi) is 9.81. The van der Waals surface area contributed by atoms with E-state index in [2.05, 4.69) is 33.4 Å². The number of β-amino-alcohol motifs (C(OH)–C–C–N with tert-alkyl or cyclic N) is 1. The SMILES string of the molecule is C=CN=C(CC(=O)N1CC[C@H](O)C1)N(C)N/C(CC)=C(\NC)N(C)c1nc(-c2ccc(F)cc2)c(C#N)s1. The molecule has 2 aromatic rings. The van der Waals surface area contributed by atoms with Gasteiger partial charge in [0.25, 0.3) is 0 Å². The molecule has 1 fully saturated rings. The third kappa shape index (κ3) is 6.67. The van der Waals surface area contributed by atoms with Crippen LogP contribution in [0.2, 0.25) is 0 Å². The number of nitrogens with zero attached hydrogens (tertiary/aromatic N) is 6. The number of amidine groups is 1. The molecule has 12 heteroatoms. The molecule has 3 rings (SSSR count). The standard InChI is InChI=1S/C26H33FN8O2S/c1-6-20(32-34(5)22(30-7-2)14-23(37)35-13-12-19(36)16-35)25(29-3)33(4)26-31-24(21(15-28)38-26)17-8-10-18(27)11-9-17/h7-11,19,29,32,36H,2,6,12-14,16H2,1,3-5H3/b25-20+,30-22?/t19-/m0/s1. The van der Waals surface area contributed by atoms with Crippen LogP contribution in [0, 0.1) is 17.1 Å². The number of carbonyl (C=O) groups is 1. The molecule has 1 atom stereocenters. The number of aromatic nitrogens is 1. The number of aliphatic hydroxyl groups excluding tert-OH is 1. The average Bonchev–Trinajstić information content (AvgIpc) is 3.55. The van der Waals surface area contributed by atoms with Gasteiger partial charge in [-0.1, -0.05) is 24.8 Å². The molecule has 0 saturated carbocycles. The molecule has 1 aliphatic heterocycles. The van der Waals surface area contributed by atoms with Gasteiger partial charge in [-0.05, 0) is 37.1 Å². The van der Waals surface area contributed by atoms with Gasteiger partial charge in [0.15, 0.2) is 5.13 Å². The lowest BCUT2D eigenvalue weighted by atomic mass is 10.1. The second-order valence-electron chi connectivity index (χ2n) is 8.64. The zero-order valence-electron chi connectivity index (χ0n) is 22.0. The number of hydrogen-bond acceptors (Lipinski definition) is 9. The lowest BCUT2D eigenvalue weighted by Crippen LogP contribution is -2.44. The van der Waals surface area contributed by atoms with Gasteiger partial charge >= 0.3 is 0 Å². The number of carbonyl (C=O) groups excluding carboxylic acids is 1. The van der Waals surface area contributed by atoms with E-state index in [1.807, 2.05) is 18.9 Å². The summed E-state index contributed by atoms with van der Waals surface area (Å²) < 4.78 is 13.4. The van der Waals surface area contributed by atoms with Gasteiger partial charge in [-0.2, -0.15) is 5.26 Å².